The summed E-state index contributed by atoms with van der Waals surface area (Å²) in [7, 11) is 0. The van der Waals surface area contributed by atoms with Gasteiger partial charge >= 0.3 is 5.97 Å². The zero-order valence-electron chi connectivity index (χ0n) is 17.2. The van der Waals surface area contributed by atoms with Gasteiger partial charge < -0.3 is 9.64 Å². The van der Waals surface area contributed by atoms with Gasteiger partial charge in [0.1, 0.15) is 6.33 Å². The molecule has 0 radical (unpaired) electrons. The van der Waals surface area contributed by atoms with E-state index in [0.29, 0.717) is 30.1 Å². The molecule has 156 valence electrons. The van der Waals surface area contributed by atoms with Gasteiger partial charge in [-0.2, -0.15) is 10.1 Å². The van der Waals surface area contributed by atoms with Crippen molar-refractivity contribution >= 4 is 17.7 Å². The van der Waals surface area contributed by atoms with E-state index in [0.717, 1.165) is 30.5 Å². The van der Waals surface area contributed by atoms with E-state index >= 15 is 0 Å². The van der Waals surface area contributed by atoms with E-state index in [4.69, 9.17) is 4.74 Å². The number of hydrogen-bond donors (Lipinski definition) is 0. The molecule has 2 aromatic heterocycles. The fourth-order valence-electron chi connectivity index (χ4n) is 3.90. The van der Waals surface area contributed by atoms with Crippen LogP contribution in [0, 0.1) is 13.8 Å². The summed E-state index contributed by atoms with van der Waals surface area (Å²) in [5.41, 5.74) is 2.89. The second kappa shape index (κ2) is 8.61. The highest BCUT2D eigenvalue weighted by atomic mass is 16.5. The van der Waals surface area contributed by atoms with Gasteiger partial charge in [0.15, 0.2) is 0 Å². The molecule has 1 aliphatic heterocycles. The molecule has 1 amide bonds. The van der Waals surface area contributed by atoms with E-state index < -0.39 is 12.1 Å². The molecule has 0 N–H and O–H groups in total. The maximum Gasteiger partial charge on any atom is 0.311 e. The molecule has 3 heterocycles. The smallest absolute Gasteiger partial charge is 0.311 e. The first kappa shape index (κ1) is 20.0. The van der Waals surface area contributed by atoms with Gasteiger partial charge in [-0.05, 0) is 33.1 Å². The van der Waals surface area contributed by atoms with Crippen LogP contribution in [0.1, 0.15) is 47.9 Å². The van der Waals surface area contributed by atoms with Crippen LogP contribution in [0.4, 0.5) is 0 Å². The van der Waals surface area contributed by atoms with Crippen molar-refractivity contribution in [1.29, 1.82) is 0 Å². The van der Waals surface area contributed by atoms with Crippen molar-refractivity contribution < 1.29 is 14.3 Å². The highest BCUT2D eigenvalue weighted by Crippen LogP contribution is 2.24. The second-order valence-corrected chi connectivity index (χ2v) is 7.58. The van der Waals surface area contributed by atoms with E-state index in [-0.39, 0.29) is 12.3 Å². The molecule has 8 heteroatoms. The van der Waals surface area contributed by atoms with Crippen LogP contribution in [0.5, 0.6) is 0 Å². The van der Waals surface area contributed by atoms with Crippen LogP contribution in [0.3, 0.4) is 0 Å². The zero-order valence-corrected chi connectivity index (χ0v) is 17.2. The summed E-state index contributed by atoms with van der Waals surface area (Å²) < 4.78 is 7.36. The van der Waals surface area contributed by atoms with Gasteiger partial charge in [-0.1, -0.05) is 30.3 Å². The lowest BCUT2D eigenvalue weighted by molar-refractivity contribution is -0.161. The average Bonchev–Trinajstić information content (AvgIpc) is 3.24. The largest absolute Gasteiger partial charge is 0.447 e. The first-order valence-electron chi connectivity index (χ1n) is 10.2. The highest BCUT2D eigenvalue weighted by molar-refractivity contribution is 5.85. The van der Waals surface area contributed by atoms with Crippen molar-refractivity contribution in [3.8, 4) is 0 Å². The summed E-state index contributed by atoms with van der Waals surface area (Å²) in [6, 6.07) is 9.20. The number of amides is 1. The lowest BCUT2D eigenvalue weighted by Crippen LogP contribution is -2.40. The lowest BCUT2D eigenvalue weighted by Gasteiger charge is -2.30. The summed E-state index contributed by atoms with van der Waals surface area (Å²) in [6.45, 7) is 5.10. The third kappa shape index (κ3) is 4.03. The van der Waals surface area contributed by atoms with Gasteiger partial charge in [-0.3, -0.25) is 9.59 Å². The number of esters is 1. The summed E-state index contributed by atoms with van der Waals surface area (Å²) in [5.74, 6) is -0.140. The van der Waals surface area contributed by atoms with E-state index in [1.165, 1.54) is 6.33 Å². The number of nitrogens with zero attached hydrogens (tertiary/aromatic N) is 5. The van der Waals surface area contributed by atoms with Gasteiger partial charge in [-0.15, -0.1) is 0 Å². The summed E-state index contributed by atoms with van der Waals surface area (Å²) in [6.07, 6.45) is 3.57. The molecule has 0 spiro atoms. The Labute approximate surface area is 174 Å². The van der Waals surface area contributed by atoms with E-state index in [9.17, 15) is 9.59 Å². The maximum absolute atomic E-state index is 13.2. The third-order valence-electron chi connectivity index (χ3n) is 5.55. The average molecular weight is 407 g/mol. The Balaban J connectivity index is 1.57. The van der Waals surface area contributed by atoms with Crippen LogP contribution in [-0.2, 0) is 20.7 Å². The van der Waals surface area contributed by atoms with Gasteiger partial charge in [0, 0.05) is 35.6 Å². The molecule has 0 unspecified atom stereocenters. The predicted octanol–water partition coefficient (Wildman–Crippen LogP) is 2.58. The molecule has 30 heavy (non-hydrogen) atoms. The fraction of sp³-hybridized carbons (Fsp3) is 0.409. The van der Waals surface area contributed by atoms with Crippen molar-refractivity contribution in [2.24, 2.45) is 0 Å². The van der Waals surface area contributed by atoms with Gasteiger partial charge in [0.05, 0.1) is 6.42 Å². The van der Waals surface area contributed by atoms with Crippen LogP contribution >= 0.6 is 0 Å². The number of ether oxygens (including phenoxy) is 1. The Morgan fingerprint density at radius 2 is 1.83 bits per heavy atom. The minimum atomic E-state index is -0.944. The number of likely N-dealkylation sites (tertiary alicyclic amines) is 1. The lowest BCUT2D eigenvalue weighted by atomic mass is 10.1. The van der Waals surface area contributed by atoms with Gasteiger partial charge in [0.25, 0.3) is 11.7 Å². The fourth-order valence-corrected chi connectivity index (χ4v) is 3.90. The summed E-state index contributed by atoms with van der Waals surface area (Å²) in [5, 5.41) is 4.16. The van der Waals surface area contributed by atoms with Crippen LogP contribution in [0.15, 0.2) is 36.7 Å². The topological polar surface area (TPSA) is 89.7 Å². The van der Waals surface area contributed by atoms with Crippen LogP contribution < -0.4 is 0 Å². The SMILES string of the molecule is Cc1nc2ncnn2c(C)c1CC(=O)O[C@H](C(=O)N1CCCCC1)c1ccccc1. The molecule has 1 atom stereocenters. The van der Waals surface area contributed by atoms with Crippen molar-refractivity contribution in [3.63, 3.8) is 0 Å². The molecule has 1 aromatic carbocycles. The highest BCUT2D eigenvalue weighted by Gasteiger charge is 2.30. The number of hydrogen-bond acceptors (Lipinski definition) is 6. The molecule has 1 aliphatic rings. The first-order valence-corrected chi connectivity index (χ1v) is 10.2. The van der Waals surface area contributed by atoms with Gasteiger partial charge in [0.2, 0.25) is 6.10 Å². The molecule has 3 aromatic rings. The van der Waals surface area contributed by atoms with E-state index in [1.807, 2.05) is 44.2 Å². The number of aromatic nitrogens is 4. The van der Waals surface area contributed by atoms with Crippen LogP contribution in [-0.4, -0.2) is 49.4 Å². The van der Waals surface area contributed by atoms with Crippen molar-refractivity contribution in [1.82, 2.24) is 24.5 Å². The van der Waals surface area contributed by atoms with E-state index in [2.05, 4.69) is 15.1 Å². The Morgan fingerprint density at radius 1 is 1.10 bits per heavy atom. The number of carbonyl (C=O) groups is 2. The summed E-state index contributed by atoms with van der Waals surface area (Å²) in [4.78, 5) is 36.4. The second-order valence-electron chi connectivity index (χ2n) is 7.58. The molecule has 0 saturated carbocycles. The quantitative estimate of drug-likeness (QED) is 0.604. The molecule has 8 nitrogen and oxygen atoms in total. The molecular weight excluding hydrogens is 382 g/mol. The zero-order chi connectivity index (χ0) is 21.1. The minimum absolute atomic E-state index is 0.0110. The molecule has 1 fully saturated rings. The molecule has 4 rings (SSSR count). The molecular formula is C22H25N5O3. The molecule has 1 saturated heterocycles. The Bertz CT molecular complexity index is 1060. The van der Waals surface area contributed by atoms with Crippen molar-refractivity contribution in [2.75, 3.05) is 13.1 Å². The first-order chi connectivity index (χ1) is 14.5. The normalized spacial score (nSPS) is 15.2. The number of rotatable bonds is 5. The third-order valence-corrected chi connectivity index (χ3v) is 5.55. The van der Waals surface area contributed by atoms with E-state index in [1.54, 1.807) is 9.42 Å². The number of carbonyl (C=O) groups excluding carboxylic acids is 2. The summed E-state index contributed by atoms with van der Waals surface area (Å²) >= 11 is 0. The molecule has 0 bridgehead atoms. The maximum atomic E-state index is 13.2. The van der Waals surface area contributed by atoms with Crippen molar-refractivity contribution in [3.05, 3.63) is 59.2 Å². The van der Waals surface area contributed by atoms with Crippen molar-refractivity contribution in [2.45, 2.75) is 45.6 Å². The standard InChI is InChI=1S/C22H25N5O3/c1-15-18(16(2)27-22(25-15)23-14-24-27)13-19(28)30-20(17-9-5-3-6-10-17)21(29)26-11-7-4-8-12-26/h3,5-6,9-10,14,20H,4,7-8,11-13H2,1-2H3/t20-/m0/s1. The molecule has 0 aliphatic carbocycles. The van der Waals surface area contributed by atoms with Crippen LogP contribution in [0.25, 0.3) is 5.78 Å². The monoisotopic (exact) mass is 407 g/mol. The Hall–Kier alpha value is -3.29. The number of benzene rings is 1. The Morgan fingerprint density at radius 3 is 2.57 bits per heavy atom. The van der Waals surface area contributed by atoms with Crippen LogP contribution in [0.2, 0.25) is 0 Å². The van der Waals surface area contributed by atoms with Gasteiger partial charge in [-0.25, -0.2) is 9.50 Å². The number of aryl methyl sites for hydroxylation is 2. The Kier molecular flexibility index (Phi) is 5.74. The number of piperidine rings is 1. The predicted molar refractivity (Wildman–Crippen MR) is 110 cm³/mol. The number of fused-ring (bicyclic) bond motifs is 1. The minimum Gasteiger partial charge on any atom is -0.447 e.